The van der Waals surface area contributed by atoms with Crippen LogP contribution in [0.15, 0.2) is 36.5 Å². The number of para-hydroxylation sites is 1. The van der Waals surface area contributed by atoms with E-state index in [0.29, 0.717) is 12.5 Å². The van der Waals surface area contributed by atoms with E-state index in [4.69, 9.17) is 4.74 Å². The molecule has 0 amide bonds. The molecule has 1 N–H and O–H groups in total. The highest BCUT2D eigenvalue weighted by molar-refractivity contribution is 6.07. The van der Waals surface area contributed by atoms with Gasteiger partial charge in [0.25, 0.3) is 0 Å². The van der Waals surface area contributed by atoms with Crippen molar-refractivity contribution in [2.24, 2.45) is 0 Å². The van der Waals surface area contributed by atoms with Crippen LogP contribution >= 0.6 is 0 Å². The highest BCUT2D eigenvalue weighted by Gasteiger charge is 2.05. The molecule has 0 atom stereocenters. The fraction of sp³-hybridized carbons (Fsp3) is 0.214. The maximum absolute atomic E-state index is 5.56. The Kier molecular flexibility index (Phi) is 2.44. The second-order valence-electron chi connectivity index (χ2n) is 4.09. The van der Waals surface area contributed by atoms with Gasteiger partial charge in [0.15, 0.2) is 0 Å². The van der Waals surface area contributed by atoms with Crippen LogP contribution in [-0.2, 0) is 0 Å². The molecule has 86 valence electrons. The van der Waals surface area contributed by atoms with Crippen LogP contribution in [0.4, 0.5) is 0 Å². The van der Waals surface area contributed by atoms with Crippen LogP contribution in [0.2, 0.25) is 0 Å². The van der Waals surface area contributed by atoms with Crippen molar-refractivity contribution in [2.45, 2.75) is 13.3 Å². The summed E-state index contributed by atoms with van der Waals surface area (Å²) in [6, 6.07) is 10.3. The topological polar surface area (TPSA) is 37.9 Å². The van der Waals surface area contributed by atoms with Crippen LogP contribution in [-0.4, -0.2) is 16.6 Å². The average molecular weight is 226 g/mol. The van der Waals surface area contributed by atoms with Gasteiger partial charge in [-0.1, -0.05) is 25.1 Å². The molecule has 0 unspecified atom stereocenters. The summed E-state index contributed by atoms with van der Waals surface area (Å²) in [7, 11) is 0. The molecule has 0 saturated carbocycles. The minimum Gasteiger partial charge on any atom is -0.478 e. The Morgan fingerprint density at radius 2 is 2.06 bits per heavy atom. The van der Waals surface area contributed by atoms with Crippen LogP contribution < -0.4 is 4.74 Å². The van der Waals surface area contributed by atoms with Gasteiger partial charge in [-0.2, -0.15) is 0 Å². The third-order valence-corrected chi connectivity index (χ3v) is 2.82. The van der Waals surface area contributed by atoms with Gasteiger partial charge in [0.2, 0.25) is 5.88 Å². The summed E-state index contributed by atoms with van der Waals surface area (Å²) in [5.41, 5.74) is 2.19. The fourth-order valence-electron chi connectivity index (χ4n) is 2.02. The maximum Gasteiger partial charge on any atom is 0.213 e. The molecule has 0 radical (unpaired) electrons. The molecule has 0 aliphatic carbocycles. The Hall–Kier alpha value is -2.03. The lowest BCUT2D eigenvalue weighted by Crippen LogP contribution is -1.96. The van der Waals surface area contributed by atoms with E-state index in [1.807, 2.05) is 24.4 Å². The third kappa shape index (κ3) is 1.73. The molecular formula is C14H14N2O. The zero-order valence-corrected chi connectivity index (χ0v) is 9.73. The van der Waals surface area contributed by atoms with Crippen molar-refractivity contribution in [3.63, 3.8) is 0 Å². The Bertz CT molecular complexity index is 657. The van der Waals surface area contributed by atoms with E-state index in [1.165, 1.54) is 10.8 Å². The quantitative estimate of drug-likeness (QED) is 0.742. The lowest BCUT2D eigenvalue weighted by molar-refractivity contribution is 0.306. The summed E-state index contributed by atoms with van der Waals surface area (Å²) in [5, 5.41) is 2.38. The van der Waals surface area contributed by atoms with E-state index in [-0.39, 0.29) is 0 Å². The second-order valence-corrected chi connectivity index (χ2v) is 4.09. The van der Waals surface area contributed by atoms with Crippen molar-refractivity contribution in [3.8, 4) is 5.88 Å². The lowest BCUT2D eigenvalue weighted by Gasteiger charge is -2.02. The van der Waals surface area contributed by atoms with Crippen LogP contribution in [0, 0.1) is 0 Å². The number of pyridine rings is 1. The smallest absolute Gasteiger partial charge is 0.213 e. The number of nitrogens with zero attached hydrogens (tertiary/aromatic N) is 1. The number of ether oxygens (including phenoxy) is 1. The molecule has 1 aromatic carbocycles. The summed E-state index contributed by atoms with van der Waals surface area (Å²) >= 11 is 0. The van der Waals surface area contributed by atoms with Gasteiger partial charge in [0.05, 0.1) is 18.3 Å². The molecule has 0 saturated heterocycles. The predicted molar refractivity (Wildman–Crippen MR) is 69.4 cm³/mol. The number of fused-ring (bicyclic) bond motifs is 3. The van der Waals surface area contributed by atoms with Crippen molar-refractivity contribution < 1.29 is 4.74 Å². The lowest BCUT2D eigenvalue weighted by atomic mass is 10.2. The number of rotatable bonds is 3. The van der Waals surface area contributed by atoms with Crippen molar-refractivity contribution in [3.05, 3.63) is 36.5 Å². The van der Waals surface area contributed by atoms with Crippen LogP contribution in [0.25, 0.3) is 21.8 Å². The van der Waals surface area contributed by atoms with E-state index in [1.54, 1.807) is 0 Å². The van der Waals surface area contributed by atoms with E-state index < -0.39 is 0 Å². The molecule has 3 aromatic rings. The summed E-state index contributed by atoms with van der Waals surface area (Å²) < 4.78 is 5.56. The first-order chi connectivity index (χ1) is 8.38. The van der Waals surface area contributed by atoms with Gasteiger partial charge in [-0.3, -0.25) is 0 Å². The molecular weight excluding hydrogens is 212 g/mol. The summed E-state index contributed by atoms with van der Waals surface area (Å²) in [6.07, 6.45) is 2.83. The van der Waals surface area contributed by atoms with E-state index in [9.17, 15) is 0 Å². The minimum atomic E-state index is 0.698. The average Bonchev–Trinajstić information content (AvgIpc) is 2.74. The fourth-order valence-corrected chi connectivity index (χ4v) is 2.02. The standard InChI is InChI=1S/C14H14N2O/c1-2-7-17-14-8-11-10-5-3-4-6-12(10)16-13(11)9-15-14/h3-6,8-9,16H,2,7H2,1H3. The highest BCUT2D eigenvalue weighted by Crippen LogP contribution is 2.26. The molecule has 0 bridgehead atoms. The molecule has 0 aliphatic heterocycles. The maximum atomic E-state index is 5.56. The van der Waals surface area contributed by atoms with Crippen LogP contribution in [0.3, 0.4) is 0 Å². The minimum absolute atomic E-state index is 0.698. The molecule has 17 heavy (non-hydrogen) atoms. The van der Waals surface area contributed by atoms with Gasteiger partial charge < -0.3 is 9.72 Å². The second kappa shape index (κ2) is 4.09. The SMILES string of the molecule is CCCOc1cc2c(cn1)[nH]c1ccccc12. The van der Waals surface area contributed by atoms with Gasteiger partial charge in [-0.25, -0.2) is 4.98 Å². The Labute approximate surface area is 99.4 Å². The Morgan fingerprint density at radius 1 is 1.18 bits per heavy atom. The van der Waals surface area contributed by atoms with Crippen molar-refractivity contribution in [2.75, 3.05) is 6.61 Å². The predicted octanol–water partition coefficient (Wildman–Crippen LogP) is 3.50. The van der Waals surface area contributed by atoms with Crippen molar-refractivity contribution >= 4 is 21.8 Å². The zero-order chi connectivity index (χ0) is 11.7. The van der Waals surface area contributed by atoms with Crippen LogP contribution in [0.5, 0.6) is 5.88 Å². The number of aromatic nitrogens is 2. The molecule has 0 spiro atoms. The molecule has 2 aromatic heterocycles. The molecule has 0 aliphatic rings. The first kappa shape index (κ1) is 10.1. The first-order valence-electron chi connectivity index (χ1n) is 5.88. The van der Waals surface area contributed by atoms with Gasteiger partial charge >= 0.3 is 0 Å². The van der Waals surface area contributed by atoms with Gasteiger partial charge in [0, 0.05) is 22.4 Å². The number of aromatic amines is 1. The largest absolute Gasteiger partial charge is 0.478 e. The summed E-state index contributed by atoms with van der Waals surface area (Å²) in [6.45, 7) is 2.80. The summed E-state index contributed by atoms with van der Waals surface area (Å²) in [5.74, 6) is 0.698. The van der Waals surface area contributed by atoms with E-state index in [2.05, 4.69) is 29.0 Å². The highest BCUT2D eigenvalue weighted by atomic mass is 16.5. The number of hydrogen-bond donors (Lipinski definition) is 1. The molecule has 3 nitrogen and oxygen atoms in total. The Morgan fingerprint density at radius 3 is 2.94 bits per heavy atom. The molecule has 0 fully saturated rings. The normalized spacial score (nSPS) is 11.1. The van der Waals surface area contributed by atoms with Gasteiger partial charge in [-0.15, -0.1) is 0 Å². The van der Waals surface area contributed by atoms with Crippen molar-refractivity contribution in [1.82, 2.24) is 9.97 Å². The van der Waals surface area contributed by atoms with Crippen molar-refractivity contribution in [1.29, 1.82) is 0 Å². The van der Waals surface area contributed by atoms with E-state index in [0.717, 1.165) is 17.5 Å². The van der Waals surface area contributed by atoms with Gasteiger partial charge in [-0.05, 0) is 12.5 Å². The number of hydrogen-bond acceptors (Lipinski definition) is 2. The molecule has 3 heteroatoms. The monoisotopic (exact) mass is 226 g/mol. The van der Waals surface area contributed by atoms with E-state index >= 15 is 0 Å². The van der Waals surface area contributed by atoms with Gasteiger partial charge in [0.1, 0.15) is 0 Å². The number of benzene rings is 1. The number of H-pyrrole nitrogens is 1. The third-order valence-electron chi connectivity index (χ3n) is 2.82. The Balaban J connectivity index is 2.16. The zero-order valence-electron chi connectivity index (χ0n) is 9.73. The van der Waals surface area contributed by atoms with Crippen LogP contribution in [0.1, 0.15) is 13.3 Å². The molecule has 3 rings (SSSR count). The summed E-state index contributed by atoms with van der Waals surface area (Å²) in [4.78, 5) is 7.63. The first-order valence-corrected chi connectivity index (χ1v) is 5.88. The number of nitrogens with one attached hydrogen (secondary N) is 1. The molecule has 2 heterocycles.